The highest BCUT2D eigenvalue weighted by molar-refractivity contribution is 5.95. The first-order valence-corrected chi connectivity index (χ1v) is 11.3. The number of hydrogen-bond acceptors (Lipinski definition) is 5. The Kier molecular flexibility index (Phi) is 8.36. The third-order valence-electron chi connectivity index (χ3n) is 5.86. The molecule has 32 heavy (non-hydrogen) atoms. The Morgan fingerprint density at radius 1 is 1.12 bits per heavy atom. The van der Waals surface area contributed by atoms with Crippen molar-refractivity contribution in [2.75, 3.05) is 18.5 Å². The lowest BCUT2D eigenvalue weighted by Crippen LogP contribution is -2.21. The van der Waals surface area contributed by atoms with Crippen molar-refractivity contribution in [3.05, 3.63) is 53.6 Å². The van der Waals surface area contributed by atoms with Gasteiger partial charge in [0.1, 0.15) is 5.84 Å². The number of nitrogen functional groups attached to an aromatic ring is 1. The highest BCUT2D eigenvalue weighted by atomic mass is 16.5. The van der Waals surface area contributed by atoms with Crippen LogP contribution in [0.15, 0.2) is 42.5 Å². The van der Waals surface area contributed by atoms with Gasteiger partial charge in [0.15, 0.2) is 17.5 Å². The molecule has 1 atom stereocenters. The maximum absolute atomic E-state index is 12.0. The summed E-state index contributed by atoms with van der Waals surface area (Å²) in [7, 11) is 0. The Balaban J connectivity index is 1.71. The maximum atomic E-state index is 12.0. The fourth-order valence-corrected chi connectivity index (χ4v) is 4.10. The van der Waals surface area contributed by atoms with Crippen molar-refractivity contribution in [1.82, 2.24) is 0 Å². The number of anilines is 1. The van der Waals surface area contributed by atoms with Gasteiger partial charge in [0.25, 0.3) is 0 Å². The van der Waals surface area contributed by atoms with Crippen molar-refractivity contribution in [1.29, 1.82) is 5.41 Å². The molecule has 0 radical (unpaired) electrons. The quantitative estimate of drug-likeness (QED) is 0.290. The number of carboxylic acids is 1. The first kappa shape index (κ1) is 23.4. The molecular weight excluding hydrogens is 406 g/mol. The molecule has 5 N–H and O–H groups in total. The molecule has 0 aliphatic heterocycles. The molecule has 0 spiro atoms. The van der Waals surface area contributed by atoms with Gasteiger partial charge >= 0.3 is 5.97 Å². The third-order valence-corrected chi connectivity index (χ3v) is 5.86. The number of carboxylic acid groups (broad SMARTS) is 1. The second-order valence-electron chi connectivity index (χ2n) is 8.19. The van der Waals surface area contributed by atoms with E-state index in [1.165, 1.54) is 32.1 Å². The van der Waals surface area contributed by atoms with Crippen molar-refractivity contribution in [2.24, 2.45) is 11.7 Å². The predicted octanol–water partition coefficient (Wildman–Crippen LogP) is 4.96. The summed E-state index contributed by atoms with van der Waals surface area (Å²) in [6.07, 6.45) is 7.55. The summed E-state index contributed by atoms with van der Waals surface area (Å²) in [5.74, 6) is 0.879. The standard InChI is InChI=1S/C25H33N3O4/c1-2-31-22-16-19(10-13-21(22)32-15-14-17-6-4-3-5-7-17)23(25(29)30)28-20-11-8-18(9-12-20)24(26)27/h8-13,16-17,23,28H,2-7,14-15H2,1H3,(H3,26,27)(H,29,30). The zero-order chi connectivity index (χ0) is 22.9. The monoisotopic (exact) mass is 439 g/mol. The Labute approximate surface area is 189 Å². The molecule has 0 amide bonds. The number of nitrogens with one attached hydrogen (secondary N) is 2. The van der Waals surface area contributed by atoms with Gasteiger partial charge in [-0.05, 0) is 61.2 Å². The van der Waals surface area contributed by atoms with Crippen LogP contribution in [0.1, 0.15) is 62.6 Å². The van der Waals surface area contributed by atoms with Gasteiger partial charge in [0.2, 0.25) is 0 Å². The van der Waals surface area contributed by atoms with Crippen LogP contribution in [-0.4, -0.2) is 30.1 Å². The predicted molar refractivity (Wildman–Crippen MR) is 126 cm³/mol. The van der Waals surface area contributed by atoms with Crippen LogP contribution < -0.4 is 20.5 Å². The Morgan fingerprint density at radius 2 is 1.84 bits per heavy atom. The molecule has 1 unspecified atom stereocenters. The minimum atomic E-state index is -1.01. The van der Waals surface area contributed by atoms with E-state index < -0.39 is 12.0 Å². The number of hydrogen-bond donors (Lipinski definition) is 4. The second kappa shape index (κ2) is 11.4. The topological polar surface area (TPSA) is 118 Å². The zero-order valence-corrected chi connectivity index (χ0v) is 18.6. The molecule has 2 aromatic carbocycles. The smallest absolute Gasteiger partial charge is 0.330 e. The van der Waals surface area contributed by atoms with E-state index in [1.807, 2.05) is 6.92 Å². The number of aliphatic carboxylic acids is 1. The van der Waals surface area contributed by atoms with Crippen molar-refractivity contribution in [3.63, 3.8) is 0 Å². The number of benzene rings is 2. The maximum Gasteiger partial charge on any atom is 0.330 e. The fourth-order valence-electron chi connectivity index (χ4n) is 4.10. The largest absolute Gasteiger partial charge is 0.490 e. The number of nitrogens with two attached hydrogens (primary N) is 1. The highest BCUT2D eigenvalue weighted by Crippen LogP contribution is 2.33. The van der Waals surface area contributed by atoms with Crippen molar-refractivity contribution in [3.8, 4) is 11.5 Å². The molecular formula is C25H33N3O4. The van der Waals surface area contributed by atoms with Gasteiger partial charge in [0, 0.05) is 11.3 Å². The van der Waals surface area contributed by atoms with Crippen LogP contribution in [0.2, 0.25) is 0 Å². The van der Waals surface area contributed by atoms with Crippen LogP contribution in [0.4, 0.5) is 5.69 Å². The van der Waals surface area contributed by atoms with Gasteiger partial charge in [-0.3, -0.25) is 5.41 Å². The fraction of sp³-hybridized carbons (Fsp3) is 0.440. The molecule has 0 aromatic heterocycles. The SMILES string of the molecule is CCOc1cc(C(Nc2ccc(C(=N)N)cc2)C(=O)O)ccc1OCCC1CCCCC1. The van der Waals surface area contributed by atoms with E-state index >= 15 is 0 Å². The zero-order valence-electron chi connectivity index (χ0n) is 18.6. The van der Waals surface area contributed by atoms with E-state index in [-0.39, 0.29) is 5.84 Å². The molecule has 1 saturated carbocycles. The lowest BCUT2D eigenvalue weighted by molar-refractivity contribution is -0.138. The van der Waals surface area contributed by atoms with E-state index in [9.17, 15) is 9.90 Å². The van der Waals surface area contributed by atoms with Crippen molar-refractivity contribution in [2.45, 2.75) is 51.5 Å². The van der Waals surface area contributed by atoms with Gasteiger partial charge in [-0.15, -0.1) is 0 Å². The molecule has 0 heterocycles. The summed E-state index contributed by atoms with van der Waals surface area (Å²) < 4.78 is 11.8. The van der Waals surface area contributed by atoms with E-state index in [1.54, 1.807) is 42.5 Å². The lowest BCUT2D eigenvalue weighted by atomic mass is 9.87. The van der Waals surface area contributed by atoms with E-state index in [4.69, 9.17) is 20.6 Å². The minimum absolute atomic E-state index is 0.0354. The van der Waals surface area contributed by atoms with Gasteiger partial charge in [-0.1, -0.05) is 38.2 Å². The molecule has 7 nitrogen and oxygen atoms in total. The summed E-state index contributed by atoms with van der Waals surface area (Å²) in [5, 5.41) is 20.3. The summed E-state index contributed by atoms with van der Waals surface area (Å²) >= 11 is 0. The Morgan fingerprint density at radius 3 is 2.47 bits per heavy atom. The number of rotatable bonds is 11. The Bertz CT molecular complexity index is 908. The summed E-state index contributed by atoms with van der Waals surface area (Å²) in [6, 6.07) is 11.1. The molecule has 0 saturated heterocycles. The summed E-state index contributed by atoms with van der Waals surface area (Å²) in [6.45, 7) is 2.98. The van der Waals surface area contributed by atoms with Crippen LogP contribution in [0.25, 0.3) is 0 Å². The number of carbonyl (C=O) groups is 1. The molecule has 1 aliphatic carbocycles. The third kappa shape index (κ3) is 6.39. The Hall–Kier alpha value is -3.22. The average Bonchev–Trinajstić information content (AvgIpc) is 2.79. The van der Waals surface area contributed by atoms with Gasteiger partial charge in [-0.2, -0.15) is 0 Å². The van der Waals surface area contributed by atoms with Gasteiger partial charge in [-0.25, -0.2) is 4.79 Å². The van der Waals surface area contributed by atoms with E-state index in [2.05, 4.69) is 5.32 Å². The molecule has 1 aliphatic rings. The molecule has 7 heteroatoms. The van der Waals surface area contributed by atoms with Crippen LogP contribution in [0.5, 0.6) is 11.5 Å². The average molecular weight is 440 g/mol. The van der Waals surface area contributed by atoms with E-state index in [0.717, 1.165) is 12.3 Å². The molecule has 2 aromatic rings. The molecule has 3 rings (SSSR count). The number of ether oxygens (including phenoxy) is 2. The van der Waals surface area contributed by atoms with Gasteiger partial charge < -0.3 is 25.6 Å². The summed E-state index contributed by atoms with van der Waals surface area (Å²) in [4.78, 5) is 12.0. The molecule has 1 fully saturated rings. The van der Waals surface area contributed by atoms with Crippen molar-refractivity contribution < 1.29 is 19.4 Å². The van der Waals surface area contributed by atoms with Crippen LogP contribution in [0, 0.1) is 11.3 Å². The van der Waals surface area contributed by atoms with Crippen LogP contribution in [0.3, 0.4) is 0 Å². The summed E-state index contributed by atoms with van der Waals surface area (Å²) in [5.41, 5.74) is 7.25. The first-order chi connectivity index (χ1) is 15.5. The lowest BCUT2D eigenvalue weighted by Gasteiger charge is -2.22. The minimum Gasteiger partial charge on any atom is -0.490 e. The molecule has 172 valence electrons. The van der Waals surface area contributed by atoms with Crippen molar-refractivity contribution >= 4 is 17.5 Å². The van der Waals surface area contributed by atoms with Crippen LogP contribution in [-0.2, 0) is 4.79 Å². The first-order valence-electron chi connectivity index (χ1n) is 11.3. The highest BCUT2D eigenvalue weighted by Gasteiger charge is 2.22. The normalized spacial score (nSPS) is 15.0. The second-order valence-corrected chi connectivity index (χ2v) is 8.19. The molecule has 0 bridgehead atoms. The van der Waals surface area contributed by atoms with E-state index in [0.29, 0.717) is 41.5 Å². The van der Waals surface area contributed by atoms with Crippen LogP contribution >= 0.6 is 0 Å². The van der Waals surface area contributed by atoms with Gasteiger partial charge in [0.05, 0.1) is 13.2 Å². The number of amidine groups is 1.